The van der Waals surface area contributed by atoms with E-state index in [4.69, 9.17) is 9.47 Å². The van der Waals surface area contributed by atoms with Crippen LogP contribution >= 0.6 is 0 Å². The summed E-state index contributed by atoms with van der Waals surface area (Å²) in [5, 5.41) is 13.8. The fourth-order valence-electron chi connectivity index (χ4n) is 3.52. The maximum absolute atomic E-state index is 12.3. The topological polar surface area (TPSA) is 83.9 Å². The number of nitrogens with zero attached hydrogens (tertiary/aromatic N) is 2. The molecule has 1 saturated heterocycles. The number of ether oxygens (including phenoxy) is 2. The lowest BCUT2D eigenvalue weighted by Gasteiger charge is -2.38. The number of carbonyl (C=O) groups excluding carboxylic acids is 1. The molecule has 7 heteroatoms. The molecule has 2 N–H and O–H groups in total. The molecule has 1 aromatic heterocycles. The number of likely N-dealkylation sites (tertiary alicyclic amines) is 1. The van der Waals surface area contributed by atoms with Crippen molar-refractivity contribution in [3.05, 3.63) is 53.9 Å². The van der Waals surface area contributed by atoms with Crippen LogP contribution in [0.3, 0.4) is 0 Å². The fraction of sp³-hybridized carbons (Fsp3) is 0.400. The Morgan fingerprint density at radius 3 is 2.81 bits per heavy atom. The van der Waals surface area contributed by atoms with Crippen LogP contribution in [0.1, 0.15) is 24.0 Å². The van der Waals surface area contributed by atoms with Crippen LogP contribution in [0, 0.1) is 0 Å². The van der Waals surface area contributed by atoms with Gasteiger partial charge in [0.05, 0.1) is 12.1 Å². The first-order chi connectivity index (χ1) is 13.1. The smallest absolute Gasteiger partial charge is 0.234 e. The van der Waals surface area contributed by atoms with E-state index in [0.29, 0.717) is 44.8 Å². The van der Waals surface area contributed by atoms with Crippen molar-refractivity contribution in [2.75, 3.05) is 26.4 Å². The second-order valence-electron chi connectivity index (χ2n) is 7.01. The second kappa shape index (κ2) is 7.54. The second-order valence-corrected chi connectivity index (χ2v) is 7.01. The highest BCUT2D eigenvalue weighted by atomic mass is 16.7. The van der Waals surface area contributed by atoms with Crippen molar-refractivity contribution >= 4 is 5.91 Å². The number of piperidine rings is 1. The van der Waals surface area contributed by atoms with Gasteiger partial charge in [0.15, 0.2) is 11.5 Å². The zero-order chi connectivity index (χ0) is 18.7. The third-order valence-corrected chi connectivity index (χ3v) is 5.18. The molecule has 0 unspecified atom stereocenters. The molecule has 2 aromatic rings. The molecular weight excluding hydrogens is 346 g/mol. The van der Waals surface area contributed by atoms with Gasteiger partial charge in [-0.25, -0.2) is 0 Å². The molecule has 2 aliphatic rings. The van der Waals surface area contributed by atoms with Gasteiger partial charge >= 0.3 is 0 Å². The maximum atomic E-state index is 12.3. The molecule has 0 aliphatic carbocycles. The predicted molar refractivity (Wildman–Crippen MR) is 98.2 cm³/mol. The van der Waals surface area contributed by atoms with Crippen molar-refractivity contribution in [3.63, 3.8) is 0 Å². The zero-order valence-corrected chi connectivity index (χ0v) is 15.1. The van der Waals surface area contributed by atoms with E-state index in [1.54, 1.807) is 12.4 Å². The van der Waals surface area contributed by atoms with E-state index in [9.17, 15) is 9.90 Å². The third-order valence-electron chi connectivity index (χ3n) is 5.18. The molecule has 0 atom stereocenters. The molecular formula is C20H23N3O4. The Morgan fingerprint density at radius 1 is 1.22 bits per heavy atom. The molecule has 2 aliphatic heterocycles. The lowest BCUT2D eigenvalue weighted by molar-refractivity contribution is -0.123. The molecule has 0 saturated carbocycles. The van der Waals surface area contributed by atoms with E-state index in [-0.39, 0.29) is 12.7 Å². The Kier molecular flexibility index (Phi) is 4.96. The molecule has 27 heavy (non-hydrogen) atoms. The van der Waals surface area contributed by atoms with E-state index >= 15 is 0 Å². The molecule has 0 radical (unpaired) electrons. The van der Waals surface area contributed by atoms with Crippen LogP contribution in [0.5, 0.6) is 11.5 Å². The van der Waals surface area contributed by atoms with Gasteiger partial charge in [-0.15, -0.1) is 0 Å². The first-order valence-corrected chi connectivity index (χ1v) is 9.13. The average molecular weight is 369 g/mol. The first-order valence-electron chi connectivity index (χ1n) is 9.13. The van der Waals surface area contributed by atoms with Crippen LogP contribution in [0.25, 0.3) is 0 Å². The van der Waals surface area contributed by atoms with Gasteiger partial charge in [0.1, 0.15) is 0 Å². The van der Waals surface area contributed by atoms with E-state index in [1.807, 2.05) is 30.3 Å². The third kappa shape index (κ3) is 4.04. The van der Waals surface area contributed by atoms with Gasteiger partial charge < -0.3 is 19.9 Å². The molecule has 3 heterocycles. The summed E-state index contributed by atoms with van der Waals surface area (Å²) in [6.07, 6.45) is 4.60. The van der Waals surface area contributed by atoms with Crippen molar-refractivity contribution in [2.45, 2.75) is 25.0 Å². The van der Waals surface area contributed by atoms with Crippen LogP contribution in [-0.2, 0) is 16.9 Å². The van der Waals surface area contributed by atoms with Crippen LogP contribution in [-0.4, -0.2) is 47.3 Å². The minimum absolute atomic E-state index is 0.0283. The lowest BCUT2D eigenvalue weighted by atomic mass is 9.85. The summed E-state index contributed by atoms with van der Waals surface area (Å²) in [6.45, 7) is 2.35. The minimum atomic E-state index is -0.853. The molecule has 1 amide bonds. The van der Waals surface area contributed by atoms with Crippen molar-refractivity contribution in [2.24, 2.45) is 0 Å². The van der Waals surface area contributed by atoms with E-state index in [0.717, 1.165) is 16.9 Å². The minimum Gasteiger partial charge on any atom is -0.454 e. The Hall–Kier alpha value is -2.64. The van der Waals surface area contributed by atoms with Crippen molar-refractivity contribution in [3.8, 4) is 11.5 Å². The van der Waals surface area contributed by atoms with Crippen LogP contribution in [0.15, 0.2) is 42.7 Å². The Labute approximate surface area is 157 Å². The van der Waals surface area contributed by atoms with E-state index in [1.165, 1.54) is 0 Å². The summed E-state index contributed by atoms with van der Waals surface area (Å²) in [4.78, 5) is 18.4. The Balaban J connectivity index is 1.25. The monoisotopic (exact) mass is 369 g/mol. The largest absolute Gasteiger partial charge is 0.454 e. The van der Waals surface area contributed by atoms with Gasteiger partial charge in [-0.3, -0.25) is 14.7 Å². The van der Waals surface area contributed by atoms with Gasteiger partial charge in [0.25, 0.3) is 0 Å². The Morgan fingerprint density at radius 2 is 2.04 bits per heavy atom. The van der Waals surface area contributed by atoms with Gasteiger partial charge in [-0.1, -0.05) is 12.1 Å². The van der Waals surface area contributed by atoms with Crippen molar-refractivity contribution < 1.29 is 19.4 Å². The van der Waals surface area contributed by atoms with Crippen LogP contribution in [0.4, 0.5) is 0 Å². The SMILES string of the molecule is O=C(CN1CCC(O)(c2cccnc2)CC1)NCc1ccc2c(c1)OCO2. The van der Waals surface area contributed by atoms with Gasteiger partial charge in [0, 0.05) is 37.6 Å². The molecule has 4 rings (SSSR count). The van der Waals surface area contributed by atoms with Crippen molar-refractivity contribution in [1.82, 2.24) is 15.2 Å². The van der Waals surface area contributed by atoms with E-state index < -0.39 is 5.60 Å². The Bertz CT molecular complexity index is 804. The molecule has 1 fully saturated rings. The number of benzene rings is 1. The number of amides is 1. The van der Waals surface area contributed by atoms with E-state index in [2.05, 4.69) is 15.2 Å². The number of aliphatic hydroxyl groups is 1. The highest BCUT2D eigenvalue weighted by molar-refractivity contribution is 5.78. The normalized spacial score (nSPS) is 18.3. The summed E-state index contributed by atoms with van der Waals surface area (Å²) in [5.41, 5.74) is 0.961. The zero-order valence-electron chi connectivity index (χ0n) is 15.1. The first kappa shape index (κ1) is 17.8. The number of rotatable bonds is 5. The van der Waals surface area contributed by atoms with Crippen molar-refractivity contribution in [1.29, 1.82) is 0 Å². The standard InChI is InChI=1S/C20H23N3O4/c24-19(22-11-15-3-4-17-18(10-15)27-14-26-17)13-23-8-5-20(25,6-9-23)16-2-1-7-21-12-16/h1-4,7,10,12,25H,5-6,8-9,11,13-14H2,(H,22,24). The molecule has 142 valence electrons. The number of pyridine rings is 1. The fourth-order valence-corrected chi connectivity index (χ4v) is 3.52. The number of fused-ring (bicyclic) bond motifs is 1. The van der Waals surface area contributed by atoms with Crippen LogP contribution < -0.4 is 14.8 Å². The van der Waals surface area contributed by atoms with Gasteiger partial charge in [0.2, 0.25) is 12.7 Å². The highest BCUT2D eigenvalue weighted by Crippen LogP contribution is 2.33. The maximum Gasteiger partial charge on any atom is 0.234 e. The number of aromatic nitrogens is 1. The molecule has 1 aromatic carbocycles. The van der Waals surface area contributed by atoms with Gasteiger partial charge in [-0.05, 0) is 36.6 Å². The summed E-state index contributed by atoms with van der Waals surface area (Å²) >= 11 is 0. The number of carbonyl (C=O) groups is 1. The summed E-state index contributed by atoms with van der Waals surface area (Å²) in [7, 11) is 0. The number of hydrogen-bond donors (Lipinski definition) is 2. The number of nitrogens with one attached hydrogen (secondary N) is 1. The highest BCUT2D eigenvalue weighted by Gasteiger charge is 2.34. The quantitative estimate of drug-likeness (QED) is 0.829. The number of hydrogen-bond acceptors (Lipinski definition) is 6. The van der Waals surface area contributed by atoms with Gasteiger partial charge in [-0.2, -0.15) is 0 Å². The molecule has 0 spiro atoms. The molecule has 0 bridgehead atoms. The van der Waals surface area contributed by atoms with Crippen LogP contribution in [0.2, 0.25) is 0 Å². The molecule has 7 nitrogen and oxygen atoms in total. The summed E-state index contributed by atoms with van der Waals surface area (Å²) < 4.78 is 10.6. The lowest BCUT2D eigenvalue weighted by Crippen LogP contribution is -2.46. The summed E-state index contributed by atoms with van der Waals surface area (Å²) in [5.74, 6) is 1.42. The average Bonchev–Trinajstić information content (AvgIpc) is 3.17. The summed E-state index contributed by atoms with van der Waals surface area (Å²) in [6, 6.07) is 9.40. The predicted octanol–water partition coefficient (Wildman–Crippen LogP) is 1.41.